The zero-order chi connectivity index (χ0) is 11.6. The minimum absolute atomic E-state index is 0.300. The first-order valence-electron chi connectivity index (χ1n) is 3.66. The van der Waals surface area contributed by atoms with Crippen LogP contribution in [0.25, 0.3) is 0 Å². The van der Waals surface area contributed by atoms with Gasteiger partial charge in [0.1, 0.15) is 4.86 Å². The van der Waals surface area contributed by atoms with E-state index in [1.54, 1.807) is 0 Å². The number of aliphatic carboxylic acids is 1. The van der Waals surface area contributed by atoms with E-state index in [2.05, 4.69) is 0 Å². The number of hydrogen-bond acceptors (Lipinski definition) is 5. The topological polar surface area (TPSA) is 115 Å². The van der Waals surface area contributed by atoms with Crippen LogP contribution in [0.5, 0.6) is 0 Å². The minimum atomic E-state index is -2.73. The van der Waals surface area contributed by atoms with E-state index in [4.69, 9.17) is 5.11 Å². The van der Waals surface area contributed by atoms with Crippen molar-refractivity contribution in [1.82, 2.24) is 0 Å². The summed E-state index contributed by atoms with van der Waals surface area (Å²) in [5.41, 5.74) is -0.300. The molecule has 80 valence electrons. The molecule has 1 rings (SSSR count). The monoisotopic (exact) mass is 231 g/mol. The molecule has 0 aromatic rings. The molecule has 1 aliphatic rings. The molecule has 0 saturated carbocycles. The van der Waals surface area contributed by atoms with E-state index in [1.807, 2.05) is 0 Å². The third-order valence-corrected chi connectivity index (χ3v) is 2.49. The first-order valence-corrected chi connectivity index (χ1v) is 4.73. The van der Waals surface area contributed by atoms with Crippen molar-refractivity contribution in [2.24, 2.45) is 0 Å². The highest BCUT2D eigenvalue weighted by Gasteiger charge is 2.29. The average Bonchev–Trinajstić information content (AvgIpc) is 2.16. The van der Waals surface area contributed by atoms with Gasteiger partial charge in [0, 0.05) is 11.0 Å². The van der Waals surface area contributed by atoms with Gasteiger partial charge in [0.2, 0.25) is 10.3 Å². The van der Waals surface area contributed by atoms with Crippen molar-refractivity contribution in [3.8, 4) is 0 Å². The Morgan fingerprint density at radius 2 is 2.07 bits per heavy atom. The molecule has 0 bridgehead atoms. The summed E-state index contributed by atoms with van der Waals surface area (Å²) in [4.78, 5) is 19.7. The summed E-state index contributed by atoms with van der Waals surface area (Å²) < 4.78 is 21.2. The molecule has 0 heterocycles. The Balaban J connectivity index is 3.29. The third-order valence-electron chi connectivity index (χ3n) is 1.72. The van der Waals surface area contributed by atoms with Gasteiger partial charge in [-0.05, 0) is 12.2 Å². The average molecular weight is 231 g/mol. The van der Waals surface area contributed by atoms with Crippen LogP contribution in [-0.2, 0) is 15.1 Å². The molecular formula is C7H5NO6S. The number of hydrogen-bond donors (Lipinski definition) is 1. The van der Waals surface area contributed by atoms with Crippen molar-refractivity contribution >= 4 is 21.1 Å². The van der Waals surface area contributed by atoms with E-state index in [0.717, 1.165) is 18.2 Å². The van der Waals surface area contributed by atoms with E-state index in [1.165, 1.54) is 0 Å². The van der Waals surface area contributed by atoms with Crippen LogP contribution in [0.15, 0.2) is 23.8 Å². The number of carbonyl (C=O) groups is 1. The van der Waals surface area contributed by atoms with Crippen molar-refractivity contribution < 1.29 is 23.2 Å². The number of nitro groups is 1. The molecule has 0 aromatic carbocycles. The fourth-order valence-electron chi connectivity index (χ4n) is 1.04. The summed E-state index contributed by atoms with van der Waals surface area (Å²) in [6.45, 7) is 0. The summed E-state index contributed by atoms with van der Waals surface area (Å²) in [5, 5.41) is 19.0. The molecule has 7 nitrogen and oxygen atoms in total. The van der Waals surface area contributed by atoms with Gasteiger partial charge in [-0.25, -0.2) is 4.79 Å². The van der Waals surface area contributed by atoms with E-state index >= 15 is 0 Å². The molecule has 8 heteroatoms. The van der Waals surface area contributed by atoms with E-state index in [0.29, 0.717) is 0 Å². The lowest BCUT2D eigenvalue weighted by Crippen LogP contribution is -2.30. The van der Waals surface area contributed by atoms with Crippen LogP contribution in [0.1, 0.15) is 0 Å². The SMILES string of the molecule is O=C(O)C1=CC([N+](=O)[O-])C(=S(=O)=O)C=C1. The minimum Gasteiger partial charge on any atom is -0.478 e. The second kappa shape index (κ2) is 4.05. The van der Waals surface area contributed by atoms with Crippen LogP contribution >= 0.6 is 0 Å². The van der Waals surface area contributed by atoms with Gasteiger partial charge in [0.15, 0.2) is 0 Å². The van der Waals surface area contributed by atoms with Crippen LogP contribution in [0, 0.1) is 10.1 Å². The molecule has 0 radical (unpaired) electrons. The standard InChI is InChI=1S/C7H5NO6S/c9-7(10)4-1-2-6(15(13)14)5(3-4)8(11)12/h1-3,5H,(H,9,10). The summed E-state index contributed by atoms with van der Waals surface area (Å²) in [6.07, 6.45) is 2.71. The highest BCUT2D eigenvalue weighted by Crippen LogP contribution is 2.11. The van der Waals surface area contributed by atoms with Crippen LogP contribution in [0.3, 0.4) is 0 Å². The molecule has 0 aromatic heterocycles. The highest BCUT2D eigenvalue weighted by molar-refractivity contribution is 7.73. The van der Waals surface area contributed by atoms with Crippen molar-refractivity contribution in [2.45, 2.75) is 6.04 Å². The smallest absolute Gasteiger partial charge is 0.335 e. The first-order chi connectivity index (χ1) is 6.93. The zero-order valence-corrected chi connectivity index (χ0v) is 7.97. The summed E-state index contributed by atoms with van der Waals surface area (Å²) in [5.74, 6) is -1.34. The lowest BCUT2D eigenvalue weighted by Gasteiger charge is -2.07. The Bertz CT molecular complexity index is 504. The van der Waals surface area contributed by atoms with Crippen molar-refractivity contribution in [2.75, 3.05) is 0 Å². The second-order valence-electron chi connectivity index (χ2n) is 2.63. The lowest BCUT2D eigenvalue weighted by atomic mass is 10.0. The fourth-order valence-corrected chi connectivity index (χ4v) is 1.57. The Kier molecular flexibility index (Phi) is 3.00. The quantitative estimate of drug-likeness (QED) is 0.380. The van der Waals surface area contributed by atoms with Gasteiger partial charge in [-0.1, -0.05) is 0 Å². The molecule has 1 atom stereocenters. The van der Waals surface area contributed by atoms with Gasteiger partial charge < -0.3 is 5.11 Å². The van der Waals surface area contributed by atoms with Crippen LogP contribution in [-0.4, -0.2) is 35.3 Å². The molecule has 15 heavy (non-hydrogen) atoms. The van der Waals surface area contributed by atoms with Gasteiger partial charge in [0.25, 0.3) is 6.04 Å². The summed E-state index contributed by atoms with van der Waals surface area (Å²) in [7, 11) is -2.73. The maximum atomic E-state index is 10.6. The second-order valence-corrected chi connectivity index (χ2v) is 3.57. The maximum Gasteiger partial charge on any atom is 0.335 e. The van der Waals surface area contributed by atoms with Crippen molar-refractivity contribution in [3.05, 3.63) is 33.9 Å². The van der Waals surface area contributed by atoms with Crippen molar-refractivity contribution in [3.63, 3.8) is 0 Å². The van der Waals surface area contributed by atoms with E-state index in [9.17, 15) is 23.3 Å². The highest BCUT2D eigenvalue weighted by atomic mass is 32.2. The van der Waals surface area contributed by atoms with Gasteiger partial charge in [-0.3, -0.25) is 10.1 Å². The number of nitrogens with zero attached hydrogens (tertiary/aromatic N) is 1. The molecule has 1 N–H and O–H groups in total. The largest absolute Gasteiger partial charge is 0.478 e. The molecule has 0 spiro atoms. The Labute approximate surface area is 85.0 Å². The molecule has 1 aliphatic carbocycles. The van der Waals surface area contributed by atoms with Gasteiger partial charge in [-0.2, -0.15) is 8.42 Å². The Morgan fingerprint density at radius 3 is 2.47 bits per heavy atom. The van der Waals surface area contributed by atoms with Crippen LogP contribution in [0.2, 0.25) is 0 Å². The molecule has 0 aliphatic heterocycles. The summed E-state index contributed by atoms with van der Waals surface area (Å²) >= 11 is 0. The maximum absolute atomic E-state index is 10.6. The van der Waals surface area contributed by atoms with Gasteiger partial charge in [-0.15, -0.1) is 0 Å². The fraction of sp³-hybridized carbons (Fsp3) is 0.143. The predicted octanol–water partition coefficient (Wildman–Crippen LogP) is -0.736. The predicted molar refractivity (Wildman–Crippen MR) is 49.6 cm³/mol. The normalized spacial score (nSPS) is 19.6. The molecular weight excluding hydrogens is 226 g/mol. The number of carboxylic acid groups (broad SMARTS) is 1. The lowest BCUT2D eigenvalue weighted by molar-refractivity contribution is -0.489. The summed E-state index contributed by atoms with van der Waals surface area (Å²) in [6, 6.07) is -1.63. The Morgan fingerprint density at radius 1 is 1.47 bits per heavy atom. The van der Waals surface area contributed by atoms with Crippen molar-refractivity contribution in [1.29, 1.82) is 0 Å². The van der Waals surface area contributed by atoms with E-state index in [-0.39, 0.29) is 5.57 Å². The van der Waals surface area contributed by atoms with E-state index < -0.39 is 32.1 Å². The van der Waals surface area contributed by atoms with Crippen LogP contribution < -0.4 is 0 Å². The van der Waals surface area contributed by atoms with Gasteiger partial charge >= 0.3 is 5.97 Å². The third kappa shape index (κ3) is 2.29. The zero-order valence-electron chi connectivity index (χ0n) is 7.15. The molecule has 0 fully saturated rings. The molecule has 0 saturated heterocycles. The molecule has 0 amide bonds. The van der Waals surface area contributed by atoms with Crippen LogP contribution in [0.4, 0.5) is 0 Å². The number of rotatable bonds is 2. The molecule has 1 unspecified atom stereocenters. The van der Waals surface area contributed by atoms with Gasteiger partial charge in [0.05, 0.1) is 5.57 Å². The number of carboxylic acids is 1. The Hall–Kier alpha value is -1.96. The first kappa shape index (κ1) is 11.1.